The summed E-state index contributed by atoms with van der Waals surface area (Å²) in [4.78, 5) is 0.236. The van der Waals surface area contributed by atoms with Crippen molar-refractivity contribution in [2.75, 3.05) is 0 Å². The smallest absolute Gasteiger partial charge is 0.248 e. The molecule has 3 aromatic rings. The lowest BCUT2D eigenvalue weighted by atomic mass is 10.1. The van der Waals surface area contributed by atoms with Gasteiger partial charge >= 0.3 is 0 Å². The summed E-state index contributed by atoms with van der Waals surface area (Å²) in [7, 11) is -3.61. The zero-order chi connectivity index (χ0) is 15.7. The first-order chi connectivity index (χ1) is 10.5. The van der Waals surface area contributed by atoms with Crippen LogP contribution in [0.2, 0.25) is 0 Å². The van der Waals surface area contributed by atoms with E-state index in [1.807, 2.05) is 6.92 Å². The van der Waals surface area contributed by atoms with E-state index < -0.39 is 10.0 Å². The second kappa shape index (κ2) is 5.42. The maximum Gasteiger partial charge on any atom is 0.267 e. The third-order valence-corrected chi connectivity index (χ3v) is 5.09. The van der Waals surface area contributed by atoms with E-state index in [1.165, 1.54) is 28.5 Å². The average molecular weight is 315 g/mol. The van der Waals surface area contributed by atoms with Crippen LogP contribution < -0.4 is 0 Å². The van der Waals surface area contributed by atoms with Crippen LogP contribution in [0.15, 0.2) is 71.9 Å². The van der Waals surface area contributed by atoms with Crippen LogP contribution >= 0.6 is 0 Å². The SMILES string of the molecule is Cc1ccc(S(=O)(=O)n2ccc(-c3ccc(F)cc3)c2)cc1. The van der Waals surface area contributed by atoms with Gasteiger partial charge < -0.3 is 0 Å². The number of benzene rings is 2. The minimum Gasteiger partial charge on any atom is -0.248 e. The average Bonchev–Trinajstić information content (AvgIpc) is 2.99. The highest BCUT2D eigenvalue weighted by Crippen LogP contribution is 2.23. The fourth-order valence-electron chi connectivity index (χ4n) is 2.17. The summed E-state index contributed by atoms with van der Waals surface area (Å²) in [6.07, 6.45) is 3.02. The molecule has 22 heavy (non-hydrogen) atoms. The monoisotopic (exact) mass is 315 g/mol. The van der Waals surface area contributed by atoms with Gasteiger partial charge in [-0.15, -0.1) is 0 Å². The molecular formula is C17H14FNO2S. The first kappa shape index (κ1) is 14.5. The molecule has 0 fully saturated rings. The largest absolute Gasteiger partial charge is 0.267 e. The van der Waals surface area contributed by atoms with Gasteiger partial charge in [0.1, 0.15) is 5.82 Å². The van der Waals surface area contributed by atoms with E-state index in [2.05, 4.69) is 0 Å². The number of nitrogens with zero attached hydrogens (tertiary/aromatic N) is 1. The van der Waals surface area contributed by atoms with Crippen molar-refractivity contribution < 1.29 is 12.8 Å². The number of aryl methyl sites for hydroxylation is 1. The summed E-state index contributed by atoms with van der Waals surface area (Å²) in [5, 5.41) is 0. The Balaban J connectivity index is 1.99. The van der Waals surface area contributed by atoms with Crippen LogP contribution in [-0.2, 0) is 10.0 Å². The Bertz CT molecular complexity index is 895. The quantitative estimate of drug-likeness (QED) is 0.736. The van der Waals surface area contributed by atoms with E-state index in [0.717, 1.165) is 16.7 Å². The van der Waals surface area contributed by atoms with Crippen LogP contribution in [0.3, 0.4) is 0 Å². The fraction of sp³-hybridized carbons (Fsp3) is 0.0588. The highest BCUT2D eigenvalue weighted by molar-refractivity contribution is 7.90. The Morgan fingerprint density at radius 3 is 2.14 bits per heavy atom. The van der Waals surface area contributed by atoms with Gasteiger partial charge in [-0.1, -0.05) is 29.8 Å². The van der Waals surface area contributed by atoms with E-state index >= 15 is 0 Å². The van der Waals surface area contributed by atoms with Gasteiger partial charge in [0.05, 0.1) is 4.90 Å². The van der Waals surface area contributed by atoms with Crippen molar-refractivity contribution in [2.45, 2.75) is 11.8 Å². The number of aromatic nitrogens is 1. The van der Waals surface area contributed by atoms with E-state index in [-0.39, 0.29) is 10.7 Å². The first-order valence-corrected chi connectivity index (χ1v) is 8.17. The summed E-state index contributed by atoms with van der Waals surface area (Å²) in [5.74, 6) is -0.324. The van der Waals surface area contributed by atoms with Gasteiger partial charge in [0.25, 0.3) is 10.0 Å². The van der Waals surface area contributed by atoms with Gasteiger partial charge in [0.2, 0.25) is 0 Å². The molecule has 0 spiro atoms. The minimum atomic E-state index is -3.61. The van der Waals surface area contributed by atoms with Gasteiger partial charge in [-0.3, -0.25) is 0 Å². The molecule has 0 aliphatic carbocycles. The number of hydrogen-bond acceptors (Lipinski definition) is 2. The molecule has 5 heteroatoms. The standard InChI is InChI=1S/C17H14FNO2S/c1-13-2-8-17(9-3-13)22(20,21)19-11-10-15(12-19)14-4-6-16(18)7-5-14/h2-12H,1H3. The van der Waals surface area contributed by atoms with Crippen molar-refractivity contribution in [3.05, 3.63) is 78.4 Å². The minimum absolute atomic E-state index is 0.236. The summed E-state index contributed by atoms with van der Waals surface area (Å²) in [6.45, 7) is 1.90. The predicted octanol–water partition coefficient (Wildman–Crippen LogP) is 3.84. The van der Waals surface area contributed by atoms with Gasteiger partial charge in [-0.05, 0) is 42.8 Å². The maximum absolute atomic E-state index is 12.9. The molecule has 0 N–H and O–H groups in total. The van der Waals surface area contributed by atoms with Crippen molar-refractivity contribution >= 4 is 10.0 Å². The van der Waals surface area contributed by atoms with E-state index in [9.17, 15) is 12.8 Å². The van der Waals surface area contributed by atoms with Crippen molar-refractivity contribution in [3.63, 3.8) is 0 Å². The van der Waals surface area contributed by atoms with Gasteiger partial charge in [0.15, 0.2) is 0 Å². The Kier molecular flexibility index (Phi) is 3.58. The summed E-state index contributed by atoms with van der Waals surface area (Å²) < 4.78 is 39.2. The van der Waals surface area contributed by atoms with Crippen LogP contribution in [0, 0.1) is 12.7 Å². The molecule has 0 unspecified atom stereocenters. The molecule has 2 aromatic carbocycles. The second-order valence-electron chi connectivity index (χ2n) is 5.06. The van der Waals surface area contributed by atoms with E-state index in [0.29, 0.717) is 0 Å². The zero-order valence-corrected chi connectivity index (χ0v) is 12.7. The third-order valence-electron chi connectivity index (χ3n) is 3.44. The highest BCUT2D eigenvalue weighted by Gasteiger charge is 2.16. The van der Waals surface area contributed by atoms with Crippen molar-refractivity contribution in [3.8, 4) is 11.1 Å². The molecule has 112 valence electrons. The van der Waals surface area contributed by atoms with Gasteiger partial charge in [0, 0.05) is 18.0 Å². The number of halogens is 1. The third kappa shape index (κ3) is 2.67. The molecule has 0 radical (unpaired) electrons. The van der Waals surface area contributed by atoms with Crippen molar-refractivity contribution in [1.29, 1.82) is 0 Å². The van der Waals surface area contributed by atoms with Gasteiger partial charge in [-0.2, -0.15) is 0 Å². The molecule has 0 aliphatic heterocycles. The Morgan fingerprint density at radius 2 is 1.50 bits per heavy atom. The first-order valence-electron chi connectivity index (χ1n) is 6.73. The molecule has 0 saturated heterocycles. The maximum atomic E-state index is 12.9. The van der Waals surface area contributed by atoms with Crippen LogP contribution in [0.1, 0.15) is 5.56 Å². The highest BCUT2D eigenvalue weighted by atomic mass is 32.2. The molecular weight excluding hydrogens is 301 g/mol. The Labute approximate surface area is 128 Å². The summed E-state index contributed by atoms with van der Waals surface area (Å²) in [6, 6.07) is 14.3. The molecule has 3 nitrogen and oxygen atoms in total. The van der Waals surface area contributed by atoms with Gasteiger partial charge in [-0.25, -0.2) is 16.8 Å². The molecule has 3 rings (SSSR count). The topological polar surface area (TPSA) is 39.1 Å². The zero-order valence-electron chi connectivity index (χ0n) is 11.9. The molecule has 0 aliphatic rings. The molecule has 1 aromatic heterocycles. The Morgan fingerprint density at radius 1 is 0.864 bits per heavy atom. The molecule has 0 atom stereocenters. The van der Waals surface area contributed by atoms with Crippen LogP contribution in [0.4, 0.5) is 4.39 Å². The fourth-order valence-corrected chi connectivity index (χ4v) is 3.37. The van der Waals surface area contributed by atoms with Crippen LogP contribution in [-0.4, -0.2) is 12.4 Å². The molecule has 0 saturated carbocycles. The van der Waals surface area contributed by atoms with E-state index in [4.69, 9.17) is 0 Å². The van der Waals surface area contributed by atoms with Crippen molar-refractivity contribution in [2.24, 2.45) is 0 Å². The van der Waals surface area contributed by atoms with Crippen LogP contribution in [0.25, 0.3) is 11.1 Å². The Hall–Kier alpha value is -2.40. The predicted molar refractivity (Wildman–Crippen MR) is 83.6 cm³/mol. The molecule has 0 bridgehead atoms. The lowest BCUT2D eigenvalue weighted by Gasteiger charge is -2.06. The molecule has 1 heterocycles. The molecule has 0 amide bonds. The number of hydrogen-bond donors (Lipinski definition) is 0. The summed E-state index contributed by atoms with van der Waals surface area (Å²) >= 11 is 0. The summed E-state index contributed by atoms with van der Waals surface area (Å²) in [5.41, 5.74) is 2.48. The lowest BCUT2D eigenvalue weighted by Crippen LogP contribution is -2.10. The van der Waals surface area contributed by atoms with Crippen LogP contribution in [0.5, 0.6) is 0 Å². The number of rotatable bonds is 3. The lowest BCUT2D eigenvalue weighted by molar-refractivity contribution is 0.587. The normalized spacial score (nSPS) is 11.5. The second-order valence-corrected chi connectivity index (χ2v) is 6.90. The van der Waals surface area contributed by atoms with E-state index in [1.54, 1.807) is 42.5 Å². The van der Waals surface area contributed by atoms with Crippen molar-refractivity contribution in [1.82, 2.24) is 3.97 Å².